The summed E-state index contributed by atoms with van der Waals surface area (Å²) in [5, 5.41) is 15.3. The first-order chi connectivity index (χ1) is 10.7. The van der Waals surface area contributed by atoms with Crippen LogP contribution >= 0.6 is 0 Å². The lowest BCUT2D eigenvalue weighted by atomic mass is 10.1. The number of benzene rings is 1. The molecule has 114 valence electrons. The van der Waals surface area contributed by atoms with Crippen LogP contribution in [0.2, 0.25) is 0 Å². The van der Waals surface area contributed by atoms with Gasteiger partial charge in [-0.15, -0.1) is 0 Å². The molecule has 1 aromatic heterocycles. The van der Waals surface area contributed by atoms with Crippen molar-refractivity contribution in [3.63, 3.8) is 0 Å². The Labute approximate surface area is 128 Å². The number of anilines is 1. The van der Waals surface area contributed by atoms with Crippen LogP contribution in [0.3, 0.4) is 0 Å². The number of hydrogen-bond donors (Lipinski definition) is 1. The Hall–Kier alpha value is -2.21. The molecule has 2 saturated heterocycles. The number of non-ortho nitro benzene ring substituents is 1. The van der Waals surface area contributed by atoms with Crippen molar-refractivity contribution in [2.45, 2.75) is 31.3 Å². The van der Waals surface area contributed by atoms with Crippen molar-refractivity contribution in [1.29, 1.82) is 0 Å². The molecule has 2 aliphatic rings. The third-order valence-corrected chi connectivity index (χ3v) is 4.72. The van der Waals surface area contributed by atoms with Crippen LogP contribution in [0.15, 0.2) is 30.3 Å². The Kier molecular flexibility index (Phi) is 3.18. The Bertz CT molecular complexity index is 733. The molecular weight excluding hydrogens is 280 g/mol. The van der Waals surface area contributed by atoms with E-state index >= 15 is 0 Å². The molecule has 3 heterocycles. The van der Waals surface area contributed by atoms with E-state index in [0.29, 0.717) is 12.1 Å². The SMILES string of the molecule is O=[N+]([O-])c1ccc2nc(N3CC[C@H]4CC[C@@H](C3)N4)ccc2c1. The van der Waals surface area contributed by atoms with Gasteiger partial charge in [0.1, 0.15) is 5.82 Å². The summed E-state index contributed by atoms with van der Waals surface area (Å²) in [7, 11) is 0. The van der Waals surface area contributed by atoms with Gasteiger partial charge in [0.2, 0.25) is 0 Å². The maximum atomic E-state index is 10.8. The van der Waals surface area contributed by atoms with Gasteiger partial charge in [-0.1, -0.05) is 0 Å². The highest BCUT2D eigenvalue weighted by Crippen LogP contribution is 2.26. The first kappa shape index (κ1) is 13.5. The molecule has 2 aliphatic heterocycles. The number of nitro benzene ring substituents is 1. The van der Waals surface area contributed by atoms with Crippen LogP contribution in [0.1, 0.15) is 19.3 Å². The molecule has 0 unspecified atom stereocenters. The molecule has 0 aliphatic carbocycles. The normalized spacial score (nSPS) is 24.5. The third-order valence-electron chi connectivity index (χ3n) is 4.72. The second-order valence-corrected chi connectivity index (χ2v) is 6.18. The molecule has 2 bridgehead atoms. The minimum absolute atomic E-state index is 0.110. The summed E-state index contributed by atoms with van der Waals surface area (Å²) in [5.74, 6) is 0.968. The van der Waals surface area contributed by atoms with Crippen molar-refractivity contribution in [3.05, 3.63) is 40.4 Å². The molecular formula is C16H18N4O2. The second-order valence-electron chi connectivity index (χ2n) is 6.18. The molecule has 0 radical (unpaired) electrons. The molecule has 22 heavy (non-hydrogen) atoms. The topological polar surface area (TPSA) is 71.3 Å². The molecule has 4 rings (SSSR count). The maximum absolute atomic E-state index is 10.8. The van der Waals surface area contributed by atoms with Gasteiger partial charge in [-0.05, 0) is 37.5 Å². The quantitative estimate of drug-likeness (QED) is 0.681. The molecule has 2 fully saturated rings. The van der Waals surface area contributed by atoms with E-state index in [1.54, 1.807) is 12.1 Å². The third kappa shape index (κ3) is 2.39. The molecule has 2 aromatic rings. The van der Waals surface area contributed by atoms with Crippen LogP contribution in [0.25, 0.3) is 10.9 Å². The minimum atomic E-state index is -0.370. The van der Waals surface area contributed by atoms with E-state index in [4.69, 9.17) is 4.98 Å². The number of nitrogens with one attached hydrogen (secondary N) is 1. The van der Waals surface area contributed by atoms with Crippen LogP contribution < -0.4 is 10.2 Å². The van der Waals surface area contributed by atoms with Crippen molar-refractivity contribution in [2.75, 3.05) is 18.0 Å². The monoisotopic (exact) mass is 298 g/mol. The summed E-state index contributed by atoms with van der Waals surface area (Å²) in [6.45, 7) is 2.00. The van der Waals surface area contributed by atoms with Crippen molar-refractivity contribution in [2.24, 2.45) is 0 Å². The first-order valence-corrected chi connectivity index (χ1v) is 7.75. The van der Waals surface area contributed by atoms with E-state index in [1.165, 1.54) is 18.9 Å². The van der Waals surface area contributed by atoms with Gasteiger partial charge in [-0.2, -0.15) is 0 Å². The van der Waals surface area contributed by atoms with Crippen LogP contribution in [0.4, 0.5) is 11.5 Å². The lowest BCUT2D eigenvalue weighted by Crippen LogP contribution is -2.35. The van der Waals surface area contributed by atoms with Gasteiger partial charge in [0.15, 0.2) is 0 Å². The smallest absolute Gasteiger partial charge is 0.270 e. The van der Waals surface area contributed by atoms with Crippen LogP contribution in [-0.2, 0) is 0 Å². The predicted octanol–water partition coefficient (Wildman–Crippen LogP) is 2.47. The zero-order valence-corrected chi connectivity index (χ0v) is 12.2. The Morgan fingerprint density at radius 3 is 2.91 bits per heavy atom. The standard InChI is InChI=1S/C16H18N4O2/c21-20(22)14-4-5-15-11(9-14)1-6-16(18-15)19-8-7-12-2-3-13(10-19)17-12/h1,4-6,9,12-13,17H,2-3,7-8,10H2/t12-,13+/m1/s1. The van der Waals surface area contributed by atoms with Gasteiger partial charge in [-0.3, -0.25) is 10.1 Å². The number of aromatic nitrogens is 1. The molecule has 6 heteroatoms. The fourth-order valence-corrected chi connectivity index (χ4v) is 3.54. The Morgan fingerprint density at radius 2 is 2.05 bits per heavy atom. The lowest BCUT2D eigenvalue weighted by Gasteiger charge is -2.25. The molecule has 0 amide bonds. The van der Waals surface area contributed by atoms with Crippen molar-refractivity contribution in [3.8, 4) is 0 Å². The van der Waals surface area contributed by atoms with E-state index in [1.807, 2.05) is 12.1 Å². The summed E-state index contributed by atoms with van der Waals surface area (Å²) in [4.78, 5) is 17.5. The van der Waals surface area contributed by atoms with E-state index < -0.39 is 0 Å². The average molecular weight is 298 g/mol. The summed E-state index contributed by atoms with van der Waals surface area (Å²) in [5.41, 5.74) is 0.920. The van der Waals surface area contributed by atoms with Gasteiger partial charge < -0.3 is 10.2 Å². The molecule has 0 saturated carbocycles. The van der Waals surface area contributed by atoms with Crippen molar-refractivity contribution < 1.29 is 4.92 Å². The van der Waals surface area contributed by atoms with E-state index in [0.717, 1.165) is 36.2 Å². The highest BCUT2D eigenvalue weighted by atomic mass is 16.6. The zero-order valence-electron chi connectivity index (χ0n) is 12.2. The summed E-state index contributed by atoms with van der Waals surface area (Å²) < 4.78 is 0. The Morgan fingerprint density at radius 1 is 1.18 bits per heavy atom. The lowest BCUT2D eigenvalue weighted by molar-refractivity contribution is -0.384. The van der Waals surface area contributed by atoms with Crippen molar-refractivity contribution >= 4 is 22.4 Å². The van der Waals surface area contributed by atoms with Gasteiger partial charge in [0.25, 0.3) is 5.69 Å². The first-order valence-electron chi connectivity index (χ1n) is 7.75. The van der Waals surface area contributed by atoms with Gasteiger partial charge in [0.05, 0.1) is 10.4 Å². The average Bonchev–Trinajstić information content (AvgIpc) is 2.85. The number of rotatable bonds is 2. The second kappa shape index (κ2) is 5.21. The zero-order chi connectivity index (χ0) is 15.1. The number of nitro groups is 1. The highest BCUT2D eigenvalue weighted by Gasteiger charge is 2.29. The molecule has 1 N–H and O–H groups in total. The van der Waals surface area contributed by atoms with E-state index in [-0.39, 0.29) is 10.6 Å². The molecule has 2 atom stereocenters. The molecule has 1 aromatic carbocycles. The minimum Gasteiger partial charge on any atom is -0.355 e. The maximum Gasteiger partial charge on any atom is 0.270 e. The molecule has 0 spiro atoms. The predicted molar refractivity (Wildman–Crippen MR) is 85.2 cm³/mol. The number of hydrogen-bond acceptors (Lipinski definition) is 5. The van der Waals surface area contributed by atoms with Crippen molar-refractivity contribution in [1.82, 2.24) is 10.3 Å². The fourth-order valence-electron chi connectivity index (χ4n) is 3.54. The Balaban J connectivity index is 1.64. The van der Waals surface area contributed by atoms with Gasteiger partial charge in [-0.25, -0.2) is 4.98 Å². The van der Waals surface area contributed by atoms with E-state index in [9.17, 15) is 10.1 Å². The summed E-state index contributed by atoms with van der Waals surface area (Å²) in [6.07, 6.45) is 3.67. The fraction of sp³-hybridized carbons (Fsp3) is 0.438. The number of nitrogens with zero attached hydrogens (tertiary/aromatic N) is 3. The van der Waals surface area contributed by atoms with E-state index in [2.05, 4.69) is 10.2 Å². The van der Waals surface area contributed by atoms with Crippen LogP contribution in [0.5, 0.6) is 0 Å². The van der Waals surface area contributed by atoms with Crippen LogP contribution in [0, 0.1) is 10.1 Å². The van der Waals surface area contributed by atoms with Crippen LogP contribution in [-0.4, -0.2) is 35.1 Å². The molecule has 6 nitrogen and oxygen atoms in total. The number of fused-ring (bicyclic) bond motifs is 3. The summed E-state index contributed by atoms with van der Waals surface area (Å²) in [6, 6.07) is 9.95. The van der Waals surface area contributed by atoms with Gasteiger partial charge in [0, 0.05) is 42.7 Å². The summed E-state index contributed by atoms with van der Waals surface area (Å²) >= 11 is 0. The largest absolute Gasteiger partial charge is 0.355 e. The highest BCUT2D eigenvalue weighted by molar-refractivity contribution is 5.82. The number of pyridine rings is 1. The van der Waals surface area contributed by atoms with Gasteiger partial charge >= 0.3 is 0 Å².